The first-order valence-corrected chi connectivity index (χ1v) is 4.32. The Kier molecular flexibility index (Phi) is 3.54. The van der Waals surface area contributed by atoms with Gasteiger partial charge in [-0.3, -0.25) is 0 Å². The molecule has 0 saturated carbocycles. The van der Waals surface area contributed by atoms with Gasteiger partial charge in [-0.2, -0.15) is 0 Å². The Morgan fingerprint density at radius 3 is 2.93 bits per heavy atom. The van der Waals surface area contributed by atoms with Gasteiger partial charge in [0.2, 0.25) is 0 Å². The van der Waals surface area contributed by atoms with Crippen LogP contribution in [-0.4, -0.2) is 13.1 Å². The standard InChI is InChI=1S/C10H10ClNO2/c1-14-10(13)5-2-7-6-8(12)3-4-9(7)11/h2-6H,12H2,1H3. The van der Waals surface area contributed by atoms with Gasteiger partial charge in [-0.05, 0) is 29.8 Å². The zero-order valence-corrected chi connectivity index (χ0v) is 8.41. The molecular formula is C10H10ClNO2. The van der Waals surface area contributed by atoms with Gasteiger partial charge in [0.1, 0.15) is 0 Å². The lowest BCUT2D eigenvalue weighted by atomic mass is 10.2. The molecule has 0 heterocycles. The van der Waals surface area contributed by atoms with Gasteiger partial charge < -0.3 is 10.5 Å². The molecule has 0 radical (unpaired) electrons. The number of hydrogen-bond acceptors (Lipinski definition) is 3. The molecular weight excluding hydrogens is 202 g/mol. The molecule has 1 aromatic carbocycles. The highest BCUT2D eigenvalue weighted by atomic mass is 35.5. The van der Waals surface area contributed by atoms with Crippen LogP contribution >= 0.6 is 11.6 Å². The van der Waals surface area contributed by atoms with Crippen molar-refractivity contribution in [2.45, 2.75) is 0 Å². The van der Waals surface area contributed by atoms with Crippen LogP contribution in [0.2, 0.25) is 5.02 Å². The zero-order valence-electron chi connectivity index (χ0n) is 7.66. The van der Waals surface area contributed by atoms with Crippen LogP contribution in [0, 0.1) is 0 Å². The van der Waals surface area contributed by atoms with E-state index in [4.69, 9.17) is 17.3 Å². The zero-order chi connectivity index (χ0) is 10.6. The molecule has 0 amide bonds. The summed E-state index contributed by atoms with van der Waals surface area (Å²) >= 11 is 5.86. The van der Waals surface area contributed by atoms with Crippen molar-refractivity contribution >= 4 is 29.3 Å². The molecule has 0 atom stereocenters. The molecule has 0 unspecified atom stereocenters. The molecule has 1 rings (SSSR count). The second-order valence-electron chi connectivity index (χ2n) is 2.64. The topological polar surface area (TPSA) is 52.3 Å². The highest BCUT2D eigenvalue weighted by Gasteiger charge is 1.98. The minimum atomic E-state index is -0.427. The number of rotatable bonds is 2. The number of halogens is 1. The van der Waals surface area contributed by atoms with Gasteiger partial charge in [0.05, 0.1) is 7.11 Å². The molecule has 2 N–H and O–H groups in total. The first-order chi connectivity index (χ1) is 6.63. The number of anilines is 1. The Labute approximate surface area is 87.1 Å². The van der Waals surface area contributed by atoms with Crippen molar-refractivity contribution in [3.63, 3.8) is 0 Å². The third-order valence-corrected chi connectivity index (χ3v) is 1.96. The SMILES string of the molecule is COC(=O)C=Cc1cc(N)ccc1Cl. The summed E-state index contributed by atoms with van der Waals surface area (Å²) in [5.41, 5.74) is 6.85. The van der Waals surface area contributed by atoms with E-state index in [0.717, 1.165) is 0 Å². The maximum Gasteiger partial charge on any atom is 0.330 e. The van der Waals surface area contributed by atoms with E-state index in [9.17, 15) is 4.79 Å². The number of esters is 1. The monoisotopic (exact) mass is 211 g/mol. The minimum absolute atomic E-state index is 0.427. The summed E-state index contributed by atoms with van der Waals surface area (Å²) in [5.74, 6) is -0.427. The molecule has 0 aliphatic carbocycles. The van der Waals surface area contributed by atoms with E-state index in [1.54, 1.807) is 24.3 Å². The van der Waals surface area contributed by atoms with Crippen LogP contribution < -0.4 is 5.73 Å². The van der Waals surface area contributed by atoms with Crippen LogP contribution in [0.4, 0.5) is 5.69 Å². The van der Waals surface area contributed by atoms with Crippen LogP contribution in [0.5, 0.6) is 0 Å². The Morgan fingerprint density at radius 2 is 2.29 bits per heavy atom. The van der Waals surface area contributed by atoms with Crippen molar-refractivity contribution in [2.24, 2.45) is 0 Å². The number of hydrogen-bond donors (Lipinski definition) is 1. The Morgan fingerprint density at radius 1 is 1.57 bits per heavy atom. The molecule has 0 aromatic heterocycles. The van der Waals surface area contributed by atoms with Crippen LogP contribution in [0.3, 0.4) is 0 Å². The molecule has 4 heteroatoms. The molecule has 14 heavy (non-hydrogen) atoms. The average Bonchev–Trinajstić information content (AvgIpc) is 2.19. The van der Waals surface area contributed by atoms with Gasteiger partial charge >= 0.3 is 5.97 Å². The van der Waals surface area contributed by atoms with E-state index in [1.807, 2.05) is 0 Å². The van der Waals surface area contributed by atoms with Gasteiger partial charge in [-0.1, -0.05) is 11.6 Å². The van der Waals surface area contributed by atoms with Crippen molar-refractivity contribution in [1.82, 2.24) is 0 Å². The van der Waals surface area contributed by atoms with Crippen molar-refractivity contribution < 1.29 is 9.53 Å². The second-order valence-corrected chi connectivity index (χ2v) is 3.04. The highest BCUT2D eigenvalue weighted by Crippen LogP contribution is 2.19. The lowest BCUT2D eigenvalue weighted by Gasteiger charge is -1.99. The van der Waals surface area contributed by atoms with Crippen molar-refractivity contribution in [2.75, 3.05) is 12.8 Å². The summed E-state index contributed by atoms with van der Waals surface area (Å²) in [4.78, 5) is 10.8. The smallest absolute Gasteiger partial charge is 0.330 e. The van der Waals surface area contributed by atoms with E-state index in [-0.39, 0.29) is 0 Å². The number of nitrogen functional groups attached to an aromatic ring is 1. The number of nitrogens with two attached hydrogens (primary N) is 1. The van der Waals surface area contributed by atoms with Gasteiger partial charge in [-0.15, -0.1) is 0 Å². The molecule has 0 fully saturated rings. The maximum atomic E-state index is 10.8. The lowest BCUT2D eigenvalue weighted by molar-refractivity contribution is -0.134. The lowest BCUT2D eigenvalue weighted by Crippen LogP contribution is -1.93. The Hall–Kier alpha value is -1.48. The fraction of sp³-hybridized carbons (Fsp3) is 0.100. The summed E-state index contributed by atoms with van der Waals surface area (Å²) in [7, 11) is 1.31. The summed E-state index contributed by atoms with van der Waals surface area (Å²) < 4.78 is 4.44. The van der Waals surface area contributed by atoms with E-state index in [1.165, 1.54) is 13.2 Å². The van der Waals surface area contributed by atoms with E-state index in [2.05, 4.69) is 4.74 Å². The highest BCUT2D eigenvalue weighted by molar-refractivity contribution is 6.32. The molecule has 74 valence electrons. The second kappa shape index (κ2) is 4.67. The van der Waals surface area contributed by atoms with Crippen LogP contribution in [0.15, 0.2) is 24.3 Å². The van der Waals surface area contributed by atoms with Crippen LogP contribution in [0.25, 0.3) is 6.08 Å². The number of methoxy groups -OCH3 is 1. The number of carbonyl (C=O) groups is 1. The molecule has 3 nitrogen and oxygen atoms in total. The van der Waals surface area contributed by atoms with Crippen molar-refractivity contribution in [1.29, 1.82) is 0 Å². The number of ether oxygens (including phenoxy) is 1. The van der Waals surface area contributed by atoms with Gasteiger partial charge in [0.25, 0.3) is 0 Å². The fourth-order valence-corrected chi connectivity index (χ4v) is 1.10. The summed E-state index contributed by atoms with van der Waals surface area (Å²) in [5, 5.41) is 0.541. The fourth-order valence-electron chi connectivity index (χ4n) is 0.916. The Bertz CT molecular complexity index is 374. The molecule has 0 bridgehead atoms. The van der Waals surface area contributed by atoms with E-state index < -0.39 is 5.97 Å². The average molecular weight is 212 g/mol. The van der Waals surface area contributed by atoms with Crippen molar-refractivity contribution in [3.05, 3.63) is 34.9 Å². The molecule has 0 spiro atoms. The maximum absolute atomic E-state index is 10.8. The quantitative estimate of drug-likeness (QED) is 0.463. The normalized spacial score (nSPS) is 10.4. The van der Waals surface area contributed by atoms with E-state index in [0.29, 0.717) is 16.3 Å². The minimum Gasteiger partial charge on any atom is -0.466 e. The van der Waals surface area contributed by atoms with Gasteiger partial charge in [0, 0.05) is 16.8 Å². The molecule has 0 aliphatic rings. The van der Waals surface area contributed by atoms with Crippen LogP contribution in [0.1, 0.15) is 5.56 Å². The first kappa shape index (κ1) is 10.6. The number of benzene rings is 1. The summed E-state index contributed by atoms with van der Waals surface area (Å²) in [6, 6.07) is 5.05. The summed E-state index contributed by atoms with van der Waals surface area (Å²) in [6.07, 6.45) is 2.85. The van der Waals surface area contributed by atoms with E-state index >= 15 is 0 Å². The third-order valence-electron chi connectivity index (χ3n) is 1.62. The number of carbonyl (C=O) groups excluding carboxylic acids is 1. The first-order valence-electron chi connectivity index (χ1n) is 3.94. The Balaban J connectivity index is 2.90. The predicted molar refractivity (Wildman–Crippen MR) is 56.9 cm³/mol. The third kappa shape index (κ3) is 2.78. The molecule has 1 aromatic rings. The molecule has 0 aliphatic heterocycles. The molecule has 0 saturated heterocycles. The van der Waals surface area contributed by atoms with Gasteiger partial charge in [-0.25, -0.2) is 4.79 Å². The predicted octanol–water partition coefficient (Wildman–Crippen LogP) is 2.11. The van der Waals surface area contributed by atoms with Crippen molar-refractivity contribution in [3.8, 4) is 0 Å². The van der Waals surface area contributed by atoms with Gasteiger partial charge in [0.15, 0.2) is 0 Å². The summed E-state index contributed by atoms with van der Waals surface area (Å²) in [6.45, 7) is 0. The largest absolute Gasteiger partial charge is 0.466 e. The van der Waals surface area contributed by atoms with Crippen LogP contribution in [-0.2, 0) is 9.53 Å².